The Labute approximate surface area is 188 Å². The molecule has 2 amide bonds. The minimum atomic E-state index is -0.394. The maximum atomic E-state index is 11.9. The molecule has 0 saturated carbocycles. The van der Waals surface area contributed by atoms with E-state index in [1.165, 1.54) is 12.0 Å². The van der Waals surface area contributed by atoms with Crippen LogP contribution >= 0.6 is 0 Å². The summed E-state index contributed by atoms with van der Waals surface area (Å²) in [5.41, 5.74) is 4.76. The molecule has 0 spiro atoms. The Morgan fingerprint density at radius 3 is 2.47 bits per heavy atom. The molecule has 170 valence electrons. The number of aromatic nitrogens is 1. The van der Waals surface area contributed by atoms with Crippen LogP contribution in [0.4, 0.5) is 4.79 Å². The van der Waals surface area contributed by atoms with Gasteiger partial charge < -0.3 is 24.7 Å². The summed E-state index contributed by atoms with van der Waals surface area (Å²) in [6, 6.07) is 11.6. The van der Waals surface area contributed by atoms with Gasteiger partial charge >= 0.3 is 12.0 Å². The number of esters is 1. The molecule has 32 heavy (non-hydrogen) atoms. The largest absolute Gasteiger partial charge is 0.496 e. The van der Waals surface area contributed by atoms with E-state index in [9.17, 15) is 9.59 Å². The molecule has 0 aliphatic rings. The number of H-pyrrole nitrogens is 1. The zero-order valence-electron chi connectivity index (χ0n) is 19.5. The lowest BCUT2D eigenvalue weighted by Crippen LogP contribution is -2.40. The molecule has 3 rings (SSSR count). The van der Waals surface area contributed by atoms with Crippen molar-refractivity contribution in [3.05, 3.63) is 64.8 Å². The van der Waals surface area contributed by atoms with Crippen molar-refractivity contribution in [2.75, 3.05) is 28.3 Å². The molecule has 1 heterocycles. The number of benzene rings is 2. The first-order chi connectivity index (χ1) is 15.2. The SMILES string of the molecule is COC(=O)c1ccc(C(C)c2c[nH]c3ccc(CC(C)NC(=O)N(C)C)cc23)c(OC)c1. The maximum absolute atomic E-state index is 11.9. The highest BCUT2D eigenvalue weighted by molar-refractivity contribution is 5.90. The van der Waals surface area contributed by atoms with Crippen molar-refractivity contribution in [3.8, 4) is 5.75 Å². The van der Waals surface area contributed by atoms with Crippen molar-refractivity contribution >= 4 is 22.9 Å². The predicted octanol–water partition coefficient (Wildman–Crippen LogP) is 4.32. The van der Waals surface area contributed by atoms with E-state index < -0.39 is 5.97 Å². The van der Waals surface area contributed by atoms with Gasteiger partial charge in [0.2, 0.25) is 0 Å². The number of amides is 2. The lowest BCUT2D eigenvalue weighted by Gasteiger charge is -2.18. The molecule has 0 saturated heterocycles. The molecule has 7 nitrogen and oxygen atoms in total. The van der Waals surface area contributed by atoms with Crippen LogP contribution in [0.5, 0.6) is 5.75 Å². The Hall–Kier alpha value is -3.48. The van der Waals surface area contributed by atoms with Crippen LogP contribution in [0.25, 0.3) is 10.9 Å². The number of carbonyl (C=O) groups excluding carboxylic acids is 2. The number of hydrogen-bond donors (Lipinski definition) is 2. The van der Waals surface area contributed by atoms with Crippen LogP contribution in [0.3, 0.4) is 0 Å². The number of ether oxygens (including phenoxy) is 2. The van der Waals surface area contributed by atoms with E-state index in [-0.39, 0.29) is 18.0 Å². The van der Waals surface area contributed by atoms with Crippen molar-refractivity contribution in [1.29, 1.82) is 0 Å². The number of aromatic amines is 1. The number of nitrogens with zero attached hydrogens (tertiary/aromatic N) is 1. The topological polar surface area (TPSA) is 83.7 Å². The molecular formula is C25H31N3O4. The van der Waals surface area contributed by atoms with Gasteiger partial charge in [0.05, 0.1) is 19.8 Å². The first-order valence-electron chi connectivity index (χ1n) is 10.6. The third-order valence-electron chi connectivity index (χ3n) is 5.68. The second kappa shape index (κ2) is 9.77. The van der Waals surface area contributed by atoms with Gasteiger partial charge in [-0.1, -0.05) is 19.1 Å². The van der Waals surface area contributed by atoms with Gasteiger partial charge in [0, 0.05) is 48.7 Å². The predicted molar refractivity (Wildman–Crippen MR) is 126 cm³/mol. The third-order valence-corrected chi connectivity index (χ3v) is 5.68. The summed E-state index contributed by atoms with van der Waals surface area (Å²) in [6.45, 7) is 4.12. The summed E-state index contributed by atoms with van der Waals surface area (Å²) in [5, 5.41) is 4.12. The van der Waals surface area contributed by atoms with E-state index in [1.54, 1.807) is 33.3 Å². The third kappa shape index (κ3) is 4.88. The van der Waals surface area contributed by atoms with Crippen molar-refractivity contribution in [2.45, 2.75) is 32.2 Å². The summed E-state index contributed by atoms with van der Waals surface area (Å²) in [7, 11) is 6.42. The van der Waals surface area contributed by atoms with E-state index in [0.29, 0.717) is 11.3 Å². The van der Waals surface area contributed by atoms with E-state index in [2.05, 4.69) is 35.4 Å². The van der Waals surface area contributed by atoms with Crippen molar-refractivity contribution in [1.82, 2.24) is 15.2 Å². The smallest absolute Gasteiger partial charge is 0.337 e. The monoisotopic (exact) mass is 437 g/mol. The van der Waals surface area contributed by atoms with Gasteiger partial charge in [-0.15, -0.1) is 0 Å². The van der Waals surface area contributed by atoms with Crippen molar-refractivity contribution < 1.29 is 19.1 Å². The Morgan fingerprint density at radius 1 is 1.06 bits per heavy atom. The van der Waals surface area contributed by atoms with Gasteiger partial charge in [-0.05, 0) is 48.7 Å². The fourth-order valence-electron chi connectivity index (χ4n) is 3.90. The lowest BCUT2D eigenvalue weighted by molar-refractivity contribution is 0.0600. The van der Waals surface area contributed by atoms with Crippen LogP contribution in [-0.4, -0.2) is 56.2 Å². The molecule has 0 aliphatic carbocycles. The van der Waals surface area contributed by atoms with Crippen LogP contribution in [0.15, 0.2) is 42.6 Å². The molecular weight excluding hydrogens is 406 g/mol. The Kier molecular flexibility index (Phi) is 7.08. The zero-order chi connectivity index (χ0) is 23.4. The molecule has 0 aliphatic heterocycles. The van der Waals surface area contributed by atoms with Crippen LogP contribution in [0.1, 0.15) is 46.8 Å². The highest BCUT2D eigenvalue weighted by Crippen LogP contribution is 2.36. The molecule has 2 aromatic carbocycles. The highest BCUT2D eigenvalue weighted by atomic mass is 16.5. The van der Waals surface area contributed by atoms with Crippen LogP contribution in [0, 0.1) is 0 Å². The average Bonchev–Trinajstić information content (AvgIpc) is 3.20. The molecule has 0 fully saturated rings. The second-order valence-electron chi connectivity index (χ2n) is 8.24. The summed E-state index contributed by atoms with van der Waals surface area (Å²) in [6.07, 6.45) is 2.75. The fraction of sp³-hybridized carbons (Fsp3) is 0.360. The lowest BCUT2D eigenvalue weighted by atomic mass is 9.90. The maximum Gasteiger partial charge on any atom is 0.337 e. The van der Waals surface area contributed by atoms with Crippen molar-refractivity contribution in [3.63, 3.8) is 0 Å². The minimum absolute atomic E-state index is 0.00752. The Bertz CT molecular complexity index is 1120. The number of nitrogens with one attached hydrogen (secondary N) is 2. The summed E-state index contributed by atoms with van der Waals surface area (Å²) >= 11 is 0. The van der Waals surface area contributed by atoms with Gasteiger partial charge in [-0.25, -0.2) is 9.59 Å². The van der Waals surface area contributed by atoms with E-state index in [4.69, 9.17) is 9.47 Å². The molecule has 1 aromatic heterocycles. The minimum Gasteiger partial charge on any atom is -0.496 e. The van der Waals surface area contributed by atoms with Gasteiger partial charge in [0.25, 0.3) is 0 Å². The van der Waals surface area contributed by atoms with E-state index in [0.717, 1.165) is 34.0 Å². The normalized spacial score (nSPS) is 12.8. The highest BCUT2D eigenvalue weighted by Gasteiger charge is 2.20. The second-order valence-corrected chi connectivity index (χ2v) is 8.24. The summed E-state index contributed by atoms with van der Waals surface area (Å²) < 4.78 is 10.4. The molecule has 2 N–H and O–H groups in total. The van der Waals surface area contributed by atoms with E-state index >= 15 is 0 Å². The summed E-state index contributed by atoms with van der Waals surface area (Å²) in [4.78, 5) is 28.7. The van der Waals surface area contributed by atoms with Crippen molar-refractivity contribution in [2.24, 2.45) is 0 Å². The molecule has 7 heteroatoms. The molecule has 2 unspecified atom stereocenters. The number of rotatable bonds is 7. The number of urea groups is 1. The van der Waals surface area contributed by atoms with Crippen LogP contribution < -0.4 is 10.1 Å². The first kappa shape index (κ1) is 23.2. The Balaban J connectivity index is 1.90. The molecule has 0 bridgehead atoms. The zero-order valence-corrected chi connectivity index (χ0v) is 19.5. The Morgan fingerprint density at radius 2 is 1.81 bits per heavy atom. The molecule has 2 atom stereocenters. The standard InChI is InChI=1S/C25H31N3O4/c1-15(27-25(30)28(3)4)11-17-7-10-22-20(12-17)21(14-26-22)16(2)19-9-8-18(24(29)32-6)13-23(19)31-5/h7-10,12-16,26H,11H2,1-6H3,(H,27,30). The molecule has 0 radical (unpaired) electrons. The quantitative estimate of drug-likeness (QED) is 0.539. The van der Waals surface area contributed by atoms with Gasteiger partial charge in [0.15, 0.2) is 0 Å². The van der Waals surface area contributed by atoms with E-state index in [1.807, 2.05) is 19.2 Å². The van der Waals surface area contributed by atoms with Gasteiger partial charge in [-0.3, -0.25) is 0 Å². The van der Waals surface area contributed by atoms with Crippen LogP contribution in [0.2, 0.25) is 0 Å². The number of fused-ring (bicyclic) bond motifs is 1. The number of carbonyl (C=O) groups is 2. The fourth-order valence-corrected chi connectivity index (χ4v) is 3.90. The molecule has 3 aromatic rings. The number of methoxy groups -OCH3 is 2. The first-order valence-corrected chi connectivity index (χ1v) is 10.6. The van der Waals surface area contributed by atoms with Gasteiger partial charge in [0.1, 0.15) is 5.75 Å². The average molecular weight is 438 g/mol. The number of hydrogen-bond acceptors (Lipinski definition) is 4. The van der Waals surface area contributed by atoms with Gasteiger partial charge in [-0.2, -0.15) is 0 Å². The summed E-state index contributed by atoms with van der Waals surface area (Å²) in [5.74, 6) is 0.284. The van der Waals surface area contributed by atoms with Crippen LogP contribution in [-0.2, 0) is 11.2 Å².